The standard InChI is InChI=1S/C10H18N4O/c1-7(11)10-12-9(13-14-10)6-8-4-2-3-5-15-8/h7-8H,2-6,11H2,1H3,(H,12,13,14). The van der Waals surface area contributed by atoms with Gasteiger partial charge in [-0.15, -0.1) is 0 Å². The molecule has 1 aromatic rings. The van der Waals surface area contributed by atoms with E-state index in [0.717, 1.165) is 25.3 Å². The Morgan fingerprint density at radius 1 is 1.60 bits per heavy atom. The minimum Gasteiger partial charge on any atom is -0.378 e. The Morgan fingerprint density at radius 2 is 2.47 bits per heavy atom. The van der Waals surface area contributed by atoms with Gasteiger partial charge in [-0.1, -0.05) is 0 Å². The van der Waals surface area contributed by atoms with Crippen LogP contribution >= 0.6 is 0 Å². The summed E-state index contributed by atoms with van der Waals surface area (Å²) in [5.74, 6) is 1.56. The van der Waals surface area contributed by atoms with Gasteiger partial charge in [0, 0.05) is 13.0 Å². The molecule has 5 nitrogen and oxygen atoms in total. The lowest BCUT2D eigenvalue weighted by Crippen LogP contribution is -2.21. The first-order valence-electron chi connectivity index (χ1n) is 5.54. The molecule has 15 heavy (non-hydrogen) atoms. The van der Waals surface area contributed by atoms with Crippen LogP contribution < -0.4 is 5.73 Å². The molecule has 0 aliphatic carbocycles. The molecule has 0 amide bonds. The van der Waals surface area contributed by atoms with Crippen molar-refractivity contribution < 1.29 is 4.74 Å². The van der Waals surface area contributed by atoms with Gasteiger partial charge in [0.15, 0.2) is 5.82 Å². The summed E-state index contributed by atoms with van der Waals surface area (Å²) in [6.07, 6.45) is 4.66. The zero-order valence-electron chi connectivity index (χ0n) is 9.07. The first-order valence-corrected chi connectivity index (χ1v) is 5.54. The Labute approximate surface area is 89.4 Å². The molecular weight excluding hydrogens is 192 g/mol. The van der Waals surface area contributed by atoms with Gasteiger partial charge >= 0.3 is 0 Å². The van der Waals surface area contributed by atoms with Crippen molar-refractivity contribution in [3.05, 3.63) is 11.6 Å². The van der Waals surface area contributed by atoms with Gasteiger partial charge < -0.3 is 10.5 Å². The molecule has 1 aliphatic heterocycles. The topological polar surface area (TPSA) is 76.8 Å². The normalized spacial score (nSPS) is 24.0. The smallest absolute Gasteiger partial charge is 0.167 e. The lowest BCUT2D eigenvalue weighted by atomic mass is 10.1. The molecule has 1 fully saturated rings. The van der Waals surface area contributed by atoms with E-state index in [4.69, 9.17) is 10.5 Å². The average molecular weight is 210 g/mol. The van der Waals surface area contributed by atoms with Gasteiger partial charge in [-0.05, 0) is 26.2 Å². The van der Waals surface area contributed by atoms with E-state index in [1.165, 1.54) is 12.8 Å². The predicted molar refractivity (Wildman–Crippen MR) is 56.3 cm³/mol. The number of nitrogens with one attached hydrogen (secondary N) is 1. The van der Waals surface area contributed by atoms with Crippen LogP contribution in [0.25, 0.3) is 0 Å². The van der Waals surface area contributed by atoms with Crippen LogP contribution in [0.2, 0.25) is 0 Å². The highest BCUT2D eigenvalue weighted by Crippen LogP contribution is 2.16. The largest absolute Gasteiger partial charge is 0.378 e. The molecule has 84 valence electrons. The Bertz CT molecular complexity index is 304. The summed E-state index contributed by atoms with van der Waals surface area (Å²) in [5.41, 5.74) is 5.68. The fourth-order valence-electron chi connectivity index (χ4n) is 1.79. The van der Waals surface area contributed by atoms with Crippen molar-refractivity contribution in [2.45, 2.75) is 44.8 Å². The molecule has 3 N–H and O–H groups in total. The molecule has 0 aromatic carbocycles. The fourth-order valence-corrected chi connectivity index (χ4v) is 1.79. The summed E-state index contributed by atoms with van der Waals surface area (Å²) in [7, 11) is 0. The number of aromatic amines is 1. The van der Waals surface area contributed by atoms with Crippen LogP contribution in [0.4, 0.5) is 0 Å². The number of hydrogen-bond acceptors (Lipinski definition) is 4. The lowest BCUT2D eigenvalue weighted by Gasteiger charge is -2.21. The molecule has 2 heterocycles. The van der Waals surface area contributed by atoms with Crippen molar-refractivity contribution in [2.24, 2.45) is 5.73 Å². The van der Waals surface area contributed by atoms with Crippen LogP contribution in [0.3, 0.4) is 0 Å². The van der Waals surface area contributed by atoms with E-state index in [9.17, 15) is 0 Å². The third-order valence-electron chi connectivity index (χ3n) is 2.65. The van der Waals surface area contributed by atoms with Gasteiger partial charge in [0.25, 0.3) is 0 Å². The van der Waals surface area contributed by atoms with E-state index in [1.807, 2.05) is 6.92 Å². The highest BCUT2D eigenvalue weighted by atomic mass is 16.5. The maximum atomic E-state index is 5.68. The second-order valence-corrected chi connectivity index (χ2v) is 4.12. The van der Waals surface area contributed by atoms with Crippen molar-refractivity contribution >= 4 is 0 Å². The second kappa shape index (κ2) is 4.72. The lowest BCUT2D eigenvalue weighted by molar-refractivity contribution is 0.0157. The number of hydrogen-bond donors (Lipinski definition) is 2. The fraction of sp³-hybridized carbons (Fsp3) is 0.800. The molecule has 5 heteroatoms. The molecule has 1 saturated heterocycles. The molecule has 0 spiro atoms. The van der Waals surface area contributed by atoms with Gasteiger partial charge in [-0.3, -0.25) is 5.10 Å². The third kappa shape index (κ3) is 2.76. The van der Waals surface area contributed by atoms with Crippen molar-refractivity contribution in [1.29, 1.82) is 0 Å². The Kier molecular flexibility index (Phi) is 3.33. The van der Waals surface area contributed by atoms with Crippen LogP contribution in [-0.4, -0.2) is 27.9 Å². The molecular formula is C10H18N4O. The monoisotopic (exact) mass is 210 g/mol. The van der Waals surface area contributed by atoms with E-state index in [2.05, 4.69) is 15.2 Å². The number of ether oxygens (including phenoxy) is 1. The number of nitrogens with two attached hydrogens (primary N) is 1. The molecule has 1 aliphatic rings. The van der Waals surface area contributed by atoms with Crippen LogP contribution in [0.15, 0.2) is 0 Å². The zero-order chi connectivity index (χ0) is 10.7. The van der Waals surface area contributed by atoms with E-state index in [0.29, 0.717) is 11.9 Å². The van der Waals surface area contributed by atoms with Crippen LogP contribution in [0.5, 0.6) is 0 Å². The number of H-pyrrole nitrogens is 1. The van der Waals surface area contributed by atoms with Gasteiger partial charge in [0.1, 0.15) is 5.82 Å². The summed E-state index contributed by atoms with van der Waals surface area (Å²) in [6.45, 7) is 2.75. The highest BCUT2D eigenvalue weighted by Gasteiger charge is 2.16. The quantitative estimate of drug-likeness (QED) is 0.778. The van der Waals surface area contributed by atoms with Crippen molar-refractivity contribution in [1.82, 2.24) is 15.2 Å². The number of rotatable bonds is 3. The van der Waals surface area contributed by atoms with E-state index < -0.39 is 0 Å². The average Bonchev–Trinajstić information content (AvgIpc) is 2.68. The van der Waals surface area contributed by atoms with Crippen molar-refractivity contribution in [3.63, 3.8) is 0 Å². The molecule has 1 aromatic heterocycles. The molecule has 0 saturated carbocycles. The number of aromatic nitrogens is 3. The Hall–Kier alpha value is -0.940. The van der Waals surface area contributed by atoms with Gasteiger partial charge in [0.2, 0.25) is 0 Å². The van der Waals surface area contributed by atoms with Crippen LogP contribution in [-0.2, 0) is 11.2 Å². The first kappa shape index (κ1) is 10.6. The summed E-state index contributed by atoms with van der Waals surface area (Å²) < 4.78 is 5.63. The SMILES string of the molecule is CC(N)c1n[nH]c(CC2CCCCO2)n1. The van der Waals surface area contributed by atoms with Crippen LogP contribution in [0, 0.1) is 0 Å². The van der Waals surface area contributed by atoms with Crippen LogP contribution in [0.1, 0.15) is 43.9 Å². The predicted octanol–water partition coefficient (Wildman–Crippen LogP) is 0.936. The zero-order valence-corrected chi connectivity index (χ0v) is 9.07. The van der Waals surface area contributed by atoms with E-state index in [1.54, 1.807) is 0 Å². The molecule has 2 unspecified atom stereocenters. The minimum absolute atomic E-state index is 0.109. The summed E-state index contributed by atoms with van der Waals surface area (Å²) in [4.78, 5) is 4.33. The highest BCUT2D eigenvalue weighted by molar-refractivity contribution is 4.95. The number of nitrogens with zero attached hydrogens (tertiary/aromatic N) is 2. The maximum absolute atomic E-state index is 5.68. The maximum Gasteiger partial charge on any atom is 0.167 e. The molecule has 0 radical (unpaired) electrons. The van der Waals surface area contributed by atoms with E-state index in [-0.39, 0.29) is 6.04 Å². The Morgan fingerprint density at radius 3 is 3.07 bits per heavy atom. The van der Waals surface area contributed by atoms with Crippen molar-refractivity contribution in [2.75, 3.05) is 6.61 Å². The van der Waals surface area contributed by atoms with Gasteiger partial charge in [-0.2, -0.15) is 5.10 Å². The molecule has 0 bridgehead atoms. The minimum atomic E-state index is -0.109. The second-order valence-electron chi connectivity index (χ2n) is 4.12. The van der Waals surface area contributed by atoms with Gasteiger partial charge in [0.05, 0.1) is 12.1 Å². The van der Waals surface area contributed by atoms with E-state index >= 15 is 0 Å². The summed E-state index contributed by atoms with van der Waals surface area (Å²) >= 11 is 0. The summed E-state index contributed by atoms with van der Waals surface area (Å²) in [5, 5.41) is 6.98. The third-order valence-corrected chi connectivity index (χ3v) is 2.65. The first-order chi connectivity index (χ1) is 7.25. The molecule has 2 atom stereocenters. The molecule has 2 rings (SSSR count). The Balaban J connectivity index is 1.91. The van der Waals surface area contributed by atoms with Gasteiger partial charge in [-0.25, -0.2) is 4.98 Å². The summed E-state index contributed by atoms with van der Waals surface area (Å²) in [6, 6.07) is -0.109. The van der Waals surface area contributed by atoms with Crippen molar-refractivity contribution in [3.8, 4) is 0 Å².